The lowest BCUT2D eigenvalue weighted by Gasteiger charge is -2.36. The van der Waals surface area contributed by atoms with Gasteiger partial charge in [-0.3, -0.25) is 0 Å². The van der Waals surface area contributed by atoms with Crippen LogP contribution in [0.3, 0.4) is 0 Å². The zero-order valence-corrected chi connectivity index (χ0v) is 15.8. The van der Waals surface area contributed by atoms with Crippen LogP contribution >= 0.6 is 11.6 Å². The van der Waals surface area contributed by atoms with E-state index in [4.69, 9.17) is 16.3 Å². The van der Waals surface area contributed by atoms with E-state index in [0.29, 0.717) is 34.4 Å². The van der Waals surface area contributed by atoms with E-state index < -0.39 is 0 Å². The fraction of sp³-hybridized carbons (Fsp3) is 0.333. The summed E-state index contributed by atoms with van der Waals surface area (Å²) in [5.41, 5.74) is 3.29. The molecule has 1 amide bonds. The molecule has 1 fully saturated rings. The molecule has 0 spiro atoms. The first kappa shape index (κ1) is 17.2. The van der Waals surface area contributed by atoms with Gasteiger partial charge in [-0.25, -0.2) is 24.3 Å². The van der Waals surface area contributed by atoms with Crippen molar-refractivity contribution >= 4 is 46.0 Å². The number of imidazole rings is 1. The third-order valence-corrected chi connectivity index (χ3v) is 5.27. The molecule has 1 saturated carbocycles. The molecule has 2 atom stereocenters. The third-order valence-electron chi connectivity index (χ3n) is 5.08. The molecule has 1 aliphatic carbocycles. The molecule has 0 radical (unpaired) electrons. The molecule has 4 heterocycles. The highest BCUT2D eigenvalue weighted by Crippen LogP contribution is 2.29. The number of nitrogens with zero attached hydrogens (tertiary/aromatic N) is 4. The van der Waals surface area contributed by atoms with Crippen LogP contribution in [0.2, 0.25) is 5.15 Å². The number of carbonyl (C=O) groups is 1. The smallest absolute Gasteiger partial charge is 0.328 e. The van der Waals surface area contributed by atoms with Crippen LogP contribution in [0.1, 0.15) is 18.5 Å². The van der Waals surface area contributed by atoms with Crippen molar-refractivity contribution in [3.05, 3.63) is 35.4 Å². The molecule has 5 rings (SSSR count). The highest BCUT2D eigenvalue weighted by atomic mass is 35.5. The summed E-state index contributed by atoms with van der Waals surface area (Å²) in [4.78, 5) is 26.1. The maximum absolute atomic E-state index is 12.8. The molecule has 1 aliphatic heterocycles. The normalized spacial score (nSPS) is 21.3. The van der Waals surface area contributed by atoms with Crippen LogP contribution in [-0.2, 0) is 11.3 Å². The first-order valence-corrected chi connectivity index (χ1v) is 9.40. The first-order valence-electron chi connectivity index (χ1n) is 9.02. The molecular weight excluding hydrogens is 382 g/mol. The average Bonchev–Trinajstić information content (AvgIpc) is 3.07. The first-order chi connectivity index (χ1) is 13.6. The molecule has 3 aromatic heterocycles. The van der Waals surface area contributed by atoms with Crippen molar-refractivity contribution in [3.8, 4) is 0 Å². The second kappa shape index (κ2) is 6.61. The molecule has 2 aliphatic rings. The molecule has 144 valence electrons. The van der Waals surface area contributed by atoms with Gasteiger partial charge < -0.3 is 20.7 Å². The Kier molecular flexibility index (Phi) is 4.06. The summed E-state index contributed by atoms with van der Waals surface area (Å²) in [6.45, 7) is 0.316. The Morgan fingerprint density at radius 1 is 1.29 bits per heavy atom. The number of anilines is 3. The fourth-order valence-corrected chi connectivity index (χ4v) is 3.72. The summed E-state index contributed by atoms with van der Waals surface area (Å²) in [6, 6.07) is 5.10. The van der Waals surface area contributed by atoms with Crippen LogP contribution < -0.4 is 16.0 Å². The van der Waals surface area contributed by atoms with E-state index in [1.165, 1.54) is 10.9 Å². The minimum atomic E-state index is -0.274. The monoisotopic (exact) mass is 399 g/mol. The van der Waals surface area contributed by atoms with Gasteiger partial charge in [0.2, 0.25) is 0 Å². The highest BCUT2D eigenvalue weighted by Gasteiger charge is 2.34. The zero-order chi connectivity index (χ0) is 19.3. The zero-order valence-electron chi connectivity index (χ0n) is 15.1. The van der Waals surface area contributed by atoms with Crippen LogP contribution in [0.25, 0.3) is 11.2 Å². The van der Waals surface area contributed by atoms with Crippen LogP contribution in [0.5, 0.6) is 0 Å². The second-order valence-corrected chi connectivity index (χ2v) is 7.26. The van der Waals surface area contributed by atoms with E-state index in [9.17, 15) is 4.79 Å². The fourth-order valence-electron chi connectivity index (χ4n) is 3.49. The molecule has 28 heavy (non-hydrogen) atoms. The number of fused-ring (bicyclic) bond motifs is 4. The summed E-state index contributed by atoms with van der Waals surface area (Å²) in [7, 11) is 1.80. The van der Waals surface area contributed by atoms with Crippen LogP contribution in [-0.4, -0.2) is 44.7 Å². The summed E-state index contributed by atoms with van der Waals surface area (Å²) < 4.78 is 7.38. The number of aromatic nitrogens is 4. The minimum Gasteiger partial charge on any atom is -0.386 e. The Hall–Kier alpha value is -2.91. The van der Waals surface area contributed by atoms with E-state index in [-0.39, 0.29) is 18.2 Å². The van der Waals surface area contributed by atoms with Gasteiger partial charge in [0.25, 0.3) is 0 Å². The molecule has 4 bridgehead atoms. The maximum Gasteiger partial charge on any atom is 0.328 e. The van der Waals surface area contributed by atoms with E-state index in [0.717, 1.165) is 24.2 Å². The minimum absolute atomic E-state index is 0.0587. The maximum atomic E-state index is 12.8. The van der Waals surface area contributed by atoms with Crippen molar-refractivity contribution in [1.82, 2.24) is 24.8 Å². The van der Waals surface area contributed by atoms with Crippen molar-refractivity contribution in [1.29, 1.82) is 0 Å². The van der Waals surface area contributed by atoms with E-state index in [2.05, 4.69) is 30.9 Å². The number of pyridine rings is 2. The second-order valence-electron chi connectivity index (χ2n) is 6.87. The molecule has 3 aromatic rings. The predicted octanol–water partition coefficient (Wildman–Crippen LogP) is 2.88. The molecule has 0 aromatic carbocycles. The number of halogens is 1. The topological polar surface area (TPSA) is 106 Å². The van der Waals surface area contributed by atoms with Crippen molar-refractivity contribution in [3.63, 3.8) is 0 Å². The number of hydrogen-bond donors (Lipinski definition) is 3. The van der Waals surface area contributed by atoms with Gasteiger partial charge in [0.1, 0.15) is 22.8 Å². The molecule has 9 nitrogen and oxygen atoms in total. The average molecular weight is 400 g/mol. The van der Waals surface area contributed by atoms with Crippen molar-refractivity contribution in [2.75, 3.05) is 17.7 Å². The molecule has 3 N–H and O–H groups in total. The Balaban J connectivity index is 1.66. The van der Waals surface area contributed by atoms with Crippen LogP contribution in [0.4, 0.5) is 22.0 Å². The van der Waals surface area contributed by atoms with Gasteiger partial charge in [-0.2, -0.15) is 0 Å². The van der Waals surface area contributed by atoms with Crippen molar-refractivity contribution in [2.24, 2.45) is 0 Å². The molecule has 0 unspecified atom stereocenters. The quantitative estimate of drug-likeness (QED) is 0.540. The number of amides is 1. The lowest BCUT2D eigenvalue weighted by molar-refractivity contribution is -0.0335. The molecule has 0 saturated heterocycles. The van der Waals surface area contributed by atoms with E-state index in [1.54, 1.807) is 13.1 Å². The van der Waals surface area contributed by atoms with Gasteiger partial charge in [0.05, 0.1) is 30.1 Å². The van der Waals surface area contributed by atoms with Gasteiger partial charge in [-0.05, 0) is 25.0 Å². The molecule has 10 heteroatoms. The number of hydrogen-bond acceptors (Lipinski definition) is 7. The van der Waals surface area contributed by atoms with Gasteiger partial charge in [0, 0.05) is 18.8 Å². The Morgan fingerprint density at radius 2 is 2.18 bits per heavy atom. The standard InChI is InChI=1S/C18H18ClN7O2/c1-20-12-6-15-23-9-4-10(22-14(19)5-9)7-28-13-3-2-11(13)24-18(27)26-8-21-16(12)17(26)25-15/h4-6,8,11,13H,2-3,7H2,1H3,(H,24,27)(H2,20,23,25)/t11-,13-/m1/s1. The number of carbonyl (C=O) groups excluding carboxylic acids is 1. The third kappa shape index (κ3) is 2.92. The van der Waals surface area contributed by atoms with Crippen LogP contribution in [0, 0.1) is 0 Å². The van der Waals surface area contributed by atoms with Crippen molar-refractivity contribution < 1.29 is 9.53 Å². The van der Waals surface area contributed by atoms with Gasteiger partial charge in [0.15, 0.2) is 5.65 Å². The van der Waals surface area contributed by atoms with E-state index in [1.807, 2.05) is 12.1 Å². The lowest BCUT2D eigenvalue weighted by atomic mass is 9.89. The number of ether oxygens (including phenoxy) is 1. The Bertz CT molecular complexity index is 1080. The summed E-state index contributed by atoms with van der Waals surface area (Å²) >= 11 is 6.19. The number of rotatable bonds is 1. The lowest BCUT2D eigenvalue weighted by Crippen LogP contribution is -2.52. The Labute approximate surface area is 165 Å². The van der Waals surface area contributed by atoms with E-state index >= 15 is 0 Å². The van der Waals surface area contributed by atoms with Gasteiger partial charge in [-0.15, -0.1) is 0 Å². The van der Waals surface area contributed by atoms with Crippen LogP contribution in [0.15, 0.2) is 24.5 Å². The highest BCUT2D eigenvalue weighted by molar-refractivity contribution is 6.29. The van der Waals surface area contributed by atoms with Gasteiger partial charge >= 0.3 is 6.03 Å². The summed E-state index contributed by atoms with van der Waals surface area (Å²) in [6.07, 6.45) is 3.17. The predicted molar refractivity (Wildman–Crippen MR) is 105 cm³/mol. The van der Waals surface area contributed by atoms with Crippen molar-refractivity contribution in [2.45, 2.75) is 31.6 Å². The largest absolute Gasteiger partial charge is 0.386 e. The summed E-state index contributed by atoms with van der Waals surface area (Å²) in [5, 5.41) is 9.72. The number of nitrogens with one attached hydrogen (secondary N) is 3. The summed E-state index contributed by atoms with van der Waals surface area (Å²) in [5.74, 6) is 0.555. The molecular formula is C18H18ClN7O2. The SMILES string of the molecule is CNc1cc2nc3c1ncn3C(=O)N[C@@H]1CC[C@H]1OCc1cc(cc(Cl)n1)N2. The van der Waals surface area contributed by atoms with Gasteiger partial charge in [-0.1, -0.05) is 11.6 Å². The Morgan fingerprint density at radius 3 is 2.96 bits per heavy atom.